The highest BCUT2D eigenvalue weighted by molar-refractivity contribution is 5.98. The average Bonchev–Trinajstić information content (AvgIpc) is 3.54. The molecule has 2 saturated carbocycles. The highest BCUT2D eigenvalue weighted by Crippen LogP contribution is 2.33. The summed E-state index contributed by atoms with van der Waals surface area (Å²) in [7, 11) is 0. The van der Waals surface area contributed by atoms with Gasteiger partial charge in [-0.15, -0.1) is 0 Å². The van der Waals surface area contributed by atoms with Crippen LogP contribution in [0.2, 0.25) is 0 Å². The summed E-state index contributed by atoms with van der Waals surface area (Å²) >= 11 is 0. The molecule has 0 radical (unpaired) electrons. The quantitative estimate of drug-likeness (QED) is 0.706. The highest BCUT2D eigenvalue weighted by Gasteiger charge is 2.39. The van der Waals surface area contributed by atoms with Crippen molar-refractivity contribution in [3.8, 4) is 0 Å². The Morgan fingerprint density at radius 2 is 1.68 bits per heavy atom. The zero-order valence-corrected chi connectivity index (χ0v) is 18.7. The van der Waals surface area contributed by atoms with Crippen molar-refractivity contribution in [2.24, 2.45) is 0 Å². The van der Waals surface area contributed by atoms with Crippen LogP contribution < -0.4 is 5.32 Å². The Balaban J connectivity index is 1.70. The molecule has 0 bridgehead atoms. The molecule has 1 atom stereocenters. The van der Waals surface area contributed by atoms with Crippen LogP contribution >= 0.6 is 0 Å². The second-order valence-corrected chi connectivity index (χ2v) is 9.26. The molecule has 1 aromatic heterocycles. The monoisotopic (exact) mass is 422 g/mol. The number of benzene rings is 1. The molecule has 1 aromatic carbocycles. The van der Waals surface area contributed by atoms with Crippen molar-refractivity contribution >= 4 is 11.8 Å². The molecule has 2 aromatic rings. The van der Waals surface area contributed by atoms with Gasteiger partial charge < -0.3 is 10.2 Å². The van der Waals surface area contributed by atoms with E-state index in [0.717, 1.165) is 56.9 Å². The summed E-state index contributed by atoms with van der Waals surface area (Å²) in [6.45, 7) is 4.08. The van der Waals surface area contributed by atoms with Crippen LogP contribution in [0.4, 0.5) is 0 Å². The topological polar surface area (TPSA) is 67.2 Å². The van der Waals surface area contributed by atoms with Crippen molar-refractivity contribution in [2.45, 2.75) is 89.4 Å². The number of rotatable bonds is 7. The minimum absolute atomic E-state index is 0.0606. The molecule has 31 heavy (non-hydrogen) atoms. The molecule has 1 N–H and O–H groups in total. The lowest BCUT2D eigenvalue weighted by molar-refractivity contribution is -0.127. The highest BCUT2D eigenvalue weighted by atomic mass is 16.2. The van der Waals surface area contributed by atoms with Gasteiger partial charge >= 0.3 is 0 Å². The van der Waals surface area contributed by atoms with E-state index >= 15 is 0 Å². The lowest BCUT2D eigenvalue weighted by Gasteiger charge is -2.36. The summed E-state index contributed by atoms with van der Waals surface area (Å²) in [6.07, 6.45) is 11.8. The molecule has 0 spiro atoms. The van der Waals surface area contributed by atoms with E-state index in [-0.39, 0.29) is 29.9 Å². The van der Waals surface area contributed by atoms with Gasteiger partial charge in [0.2, 0.25) is 5.91 Å². The van der Waals surface area contributed by atoms with Crippen LogP contribution in [-0.2, 0) is 4.79 Å². The number of aromatic nitrogens is 2. The number of carbonyl (C=O) groups is 2. The minimum atomic E-state index is -0.625. The van der Waals surface area contributed by atoms with Gasteiger partial charge in [-0.3, -0.25) is 14.3 Å². The van der Waals surface area contributed by atoms with Gasteiger partial charge in [-0.2, -0.15) is 5.10 Å². The molecule has 1 heterocycles. The van der Waals surface area contributed by atoms with E-state index in [1.54, 1.807) is 10.9 Å². The maximum absolute atomic E-state index is 13.8. The first-order valence-corrected chi connectivity index (χ1v) is 11.8. The van der Waals surface area contributed by atoms with Crippen molar-refractivity contribution < 1.29 is 9.59 Å². The Morgan fingerprint density at radius 3 is 2.29 bits per heavy atom. The molecule has 4 rings (SSSR count). The van der Waals surface area contributed by atoms with Crippen molar-refractivity contribution in [1.29, 1.82) is 0 Å². The number of nitrogens with zero attached hydrogens (tertiary/aromatic N) is 3. The van der Waals surface area contributed by atoms with E-state index < -0.39 is 6.04 Å². The largest absolute Gasteiger partial charge is 0.351 e. The molecular formula is C25H34N4O2. The molecule has 0 unspecified atom stereocenters. The van der Waals surface area contributed by atoms with Gasteiger partial charge in [0.25, 0.3) is 5.91 Å². The van der Waals surface area contributed by atoms with Gasteiger partial charge in [0, 0.05) is 24.3 Å². The third kappa shape index (κ3) is 4.83. The van der Waals surface area contributed by atoms with E-state index in [2.05, 4.69) is 10.4 Å². The van der Waals surface area contributed by atoms with Crippen LogP contribution in [0.25, 0.3) is 0 Å². The summed E-state index contributed by atoms with van der Waals surface area (Å²) in [5.74, 6) is -0.163. The smallest absolute Gasteiger partial charge is 0.258 e. The Hall–Kier alpha value is -2.63. The molecule has 0 aliphatic heterocycles. The van der Waals surface area contributed by atoms with Gasteiger partial charge in [0.05, 0.1) is 11.8 Å². The molecular weight excluding hydrogens is 388 g/mol. The van der Waals surface area contributed by atoms with Gasteiger partial charge in [0.1, 0.15) is 6.04 Å². The Morgan fingerprint density at radius 1 is 1.03 bits per heavy atom. The van der Waals surface area contributed by atoms with Crippen LogP contribution in [0, 0.1) is 0 Å². The van der Waals surface area contributed by atoms with E-state index in [0.29, 0.717) is 5.56 Å². The maximum atomic E-state index is 13.8. The molecule has 2 amide bonds. The summed E-state index contributed by atoms with van der Waals surface area (Å²) in [5.41, 5.74) is 1.42. The zero-order chi connectivity index (χ0) is 21.8. The third-order valence-electron chi connectivity index (χ3n) is 6.67. The zero-order valence-electron chi connectivity index (χ0n) is 18.7. The van der Waals surface area contributed by atoms with Gasteiger partial charge in [0.15, 0.2) is 0 Å². The summed E-state index contributed by atoms with van der Waals surface area (Å²) < 4.78 is 1.80. The SMILES string of the molecule is CC(C)n1cc(C(=O)N(C2CCCC2)[C@H](C(=O)NC2CCCC2)c2ccccc2)cn1. The van der Waals surface area contributed by atoms with Crippen molar-refractivity contribution in [2.75, 3.05) is 0 Å². The van der Waals surface area contributed by atoms with Gasteiger partial charge in [-0.1, -0.05) is 56.0 Å². The first-order valence-electron chi connectivity index (χ1n) is 11.8. The lowest BCUT2D eigenvalue weighted by atomic mass is 9.99. The average molecular weight is 423 g/mol. The van der Waals surface area contributed by atoms with Crippen LogP contribution in [0.1, 0.15) is 93.2 Å². The van der Waals surface area contributed by atoms with E-state index in [1.807, 2.05) is 55.3 Å². The standard InChI is InChI=1S/C25H34N4O2/c1-18(2)28-17-20(16-26-28)25(31)29(22-14-8-9-15-22)23(19-10-4-3-5-11-19)24(30)27-21-12-6-7-13-21/h3-5,10-11,16-18,21-23H,6-9,12-15H2,1-2H3,(H,27,30)/t23-/m0/s1. The molecule has 2 fully saturated rings. The fourth-order valence-electron chi connectivity index (χ4n) is 4.98. The summed E-state index contributed by atoms with van der Waals surface area (Å²) in [6, 6.07) is 9.59. The number of hydrogen-bond acceptors (Lipinski definition) is 3. The number of amides is 2. The Labute approximate surface area is 185 Å². The molecule has 2 aliphatic rings. The van der Waals surface area contributed by atoms with Crippen LogP contribution in [-0.4, -0.2) is 38.6 Å². The summed E-state index contributed by atoms with van der Waals surface area (Å²) in [5, 5.41) is 7.63. The second kappa shape index (κ2) is 9.67. The molecule has 166 valence electrons. The molecule has 2 aliphatic carbocycles. The van der Waals surface area contributed by atoms with Crippen LogP contribution in [0.3, 0.4) is 0 Å². The van der Waals surface area contributed by atoms with Crippen LogP contribution in [0.15, 0.2) is 42.7 Å². The predicted molar refractivity (Wildman–Crippen MR) is 121 cm³/mol. The van der Waals surface area contributed by atoms with Crippen molar-refractivity contribution in [3.63, 3.8) is 0 Å². The van der Waals surface area contributed by atoms with Gasteiger partial charge in [-0.05, 0) is 45.1 Å². The minimum Gasteiger partial charge on any atom is -0.351 e. The Bertz CT molecular complexity index is 880. The second-order valence-electron chi connectivity index (χ2n) is 9.26. The fraction of sp³-hybridized carbons (Fsp3) is 0.560. The third-order valence-corrected chi connectivity index (χ3v) is 6.67. The van der Waals surface area contributed by atoms with Crippen molar-refractivity contribution in [1.82, 2.24) is 20.0 Å². The maximum Gasteiger partial charge on any atom is 0.258 e. The molecule has 6 heteroatoms. The first-order chi connectivity index (χ1) is 15.0. The predicted octanol–water partition coefficient (Wildman–Crippen LogP) is 4.65. The van der Waals surface area contributed by atoms with Gasteiger partial charge in [-0.25, -0.2) is 0 Å². The van der Waals surface area contributed by atoms with Crippen LogP contribution in [0.5, 0.6) is 0 Å². The number of nitrogens with one attached hydrogen (secondary N) is 1. The van der Waals surface area contributed by atoms with Crippen molar-refractivity contribution in [3.05, 3.63) is 53.9 Å². The number of hydrogen-bond donors (Lipinski definition) is 1. The summed E-state index contributed by atoms with van der Waals surface area (Å²) in [4.78, 5) is 29.3. The fourth-order valence-corrected chi connectivity index (χ4v) is 4.98. The normalized spacial score (nSPS) is 18.4. The Kier molecular flexibility index (Phi) is 6.73. The molecule has 6 nitrogen and oxygen atoms in total. The van der Waals surface area contributed by atoms with E-state index in [9.17, 15) is 9.59 Å². The first kappa shape index (κ1) is 21.6. The van der Waals surface area contributed by atoms with E-state index in [1.165, 1.54) is 0 Å². The lowest BCUT2D eigenvalue weighted by Crippen LogP contribution is -2.49. The molecule has 0 saturated heterocycles. The van der Waals surface area contributed by atoms with E-state index in [4.69, 9.17) is 0 Å². The number of carbonyl (C=O) groups excluding carboxylic acids is 2.